The number of sulfonamides is 2. The Kier molecular flexibility index (Phi) is 26.4. The maximum atomic E-state index is 14.5. The fourth-order valence-corrected chi connectivity index (χ4v) is 19.8. The second-order valence-electron chi connectivity index (χ2n) is 31.9. The van der Waals surface area contributed by atoms with Crippen LogP contribution in [0.15, 0.2) is 337 Å². The number of hydrogen-bond donors (Lipinski definition) is 2. The minimum atomic E-state index is -4.05. The molecule has 3 aliphatic rings. The smallest absolute Gasteiger partial charge is 0.264 e. The van der Waals surface area contributed by atoms with Gasteiger partial charge in [0.25, 0.3) is 46.8 Å². The molecule has 19 rings (SSSR count). The Morgan fingerprint density at radius 1 is 0.386 bits per heavy atom. The maximum Gasteiger partial charge on any atom is 0.264 e. The van der Waals surface area contributed by atoms with E-state index in [-0.39, 0.29) is 104 Å². The Morgan fingerprint density at radius 2 is 0.682 bits per heavy atom. The van der Waals surface area contributed by atoms with Gasteiger partial charge < -0.3 is 34.6 Å². The molecular weight excluding hydrogens is 1760 g/mol. The molecule has 0 saturated carbocycles. The first kappa shape index (κ1) is 90.6. The molecule has 3 aliphatic heterocycles. The van der Waals surface area contributed by atoms with E-state index in [2.05, 4.69) is 15.3 Å². The molecule has 0 fully saturated rings. The second-order valence-corrected chi connectivity index (χ2v) is 38.4. The molecule has 666 valence electrons. The van der Waals surface area contributed by atoms with Crippen molar-refractivity contribution in [1.82, 2.24) is 29.7 Å². The van der Waals surface area contributed by atoms with Crippen molar-refractivity contribution in [3.05, 3.63) is 428 Å². The summed E-state index contributed by atoms with van der Waals surface area (Å²) in [4.78, 5) is 60.7. The molecule has 28 heteroatoms. The fourth-order valence-electron chi connectivity index (χ4n) is 16.5. The molecular formula is C104H87ClF3N9O12S3. The van der Waals surface area contributed by atoms with Crippen LogP contribution in [0.25, 0.3) is 32.7 Å². The van der Waals surface area contributed by atoms with Crippen molar-refractivity contribution in [3.63, 3.8) is 0 Å². The van der Waals surface area contributed by atoms with Gasteiger partial charge in [-0.2, -0.15) is 0 Å². The van der Waals surface area contributed by atoms with Crippen LogP contribution in [0.1, 0.15) is 116 Å². The number of phenolic OH excluding ortho intramolecular Hbond substituents is 1. The van der Waals surface area contributed by atoms with Crippen LogP contribution in [0.4, 0.5) is 30.2 Å². The summed E-state index contributed by atoms with van der Waals surface area (Å²) in [7, 11) is -1.71. The van der Waals surface area contributed by atoms with E-state index in [1.807, 2.05) is 161 Å². The van der Waals surface area contributed by atoms with E-state index in [1.54, 1.807) is 131 Å². The zero-order valence-electron chi connectivity index (χ0n) is 72.2. The third-order valence-electron chi connectivity index (χ3n) is 23.2. The van der Waals surface area contributed by atoms with E-state index < -0.39 is 47.2 Å². The predicted molar refractivity (Wildman–Crippen MR) is 505 cm³/mol. The van der Waals surface area contributed by atoms with Gasteiger partial charge >= 0.3 is 0 Å². The van der Waals surface area contributed by atoms with Crippen molar-refractivity contribution in [1.29, 1.82) is 0 Å². The summed E-state index contributed by atoms with van der Waals surface area (Å²) in [6, 6.07) is 87.7. The van der Waals surface area contributed by atoms with Gasteiger partial charge in [-0.25, -0.2) is 38.4 Å². The highest BCUT2D eigenvalue weighted by Crippen LogP contribution is 2.51. The number of pyridine rings is 3. The number of carbonyl (C=O) groups is 3. The minimum absolute atomic E-state index is 0.0271. The number of benzene rings is 13. The lowest BCUT2D eigenvalue weighted by atomic mass is 9.99. The molecule has 2 N–H and O–H groups in total. The third-order valence-corrected chi connectivity index (χ3v) is 28.1. The van der Waals surface area contributed by atoms with Crippen LogP contribution in [-0.4, -0.2) is 98.9 Å². The number of anilines is 3. The number of carbonyl (C=O) groups excluding carboxylic acids is 3. The molecule has 16 aromatic rings. The van der Waals surface area contributed by atoms with Crippen molar-refractivity contribution >= 4 is 107 Å². The number of fused-ring (bicyclic) bond motifs is 6. The van der Waals surface area contributed by atoms with Crippen molar-refractivity contribution in [2.75, 3.05) is 35.1 Å². The first-order chi connectivity index (χ1) is 63.5. The van der Waals surface area contributed by atoms with Crippen LogP contribution in [-0.2, 0) is 68.4 Å². The van der Waals surface area contributed by atoms with E-state index in [9.17, 15) is 57.9 Å². The average Bonchev–Trinajstić information content (AvgIpc) is 1.46. The van der Waals surface area contributed by atoms with Gasteiger partial charge in [-0.15, -0.1) is 0 Å². The zero-order valence-corrected chi connectivity index (χ0v) is 75.5. The summed E-state index contributed by atoms with van der Waals surface area (Å²) < 4.78 is 134. The molecule has 0 bridgehead atoms. The number of amides is 3. The Bertz CT molecular complexity index is 7310. The molecule has 0 radical (unpaired) electrons. The number of nitrogens with one attached hydrogen (secondary N) is 1. The topological polar surface area (TPSA) is 259 Å². The Balaban J connectivity index is 0.000000138. The third kappa shape index (κ3) is 18.9. The molecule has 132 heavy (non-hydrogen) atoms. The van der Waals surface area contributed by atoms with E-state index in [0.717, 1.165) is 71.0 Å². The lowest BCUT2D eigenvalue weighted by Gasteiger charge is -2.27. The normalized spacial score (nSPS) is 12.8. The molecule has 13 aromatic carbocycles. The number of nitrogens with zero attached hydrogens (tertiary/aromatic N) is 8. The van der Waals surface area contributed by atoms with E-state index in [1.165, 1.54) is 90.2 Å². The Labute approximate surface area is 766 Å². The van der Waals surface area contributed by atoms with E-state index >= 15 is 0 Å². The molecule has 0 unspecified atom stereocenters. The summed E-state index contributed by atoms with van der Waals surface area (Å²) in [6.07, 6.45) is 3.76. The molecule has 6 heterocycles. The van der Waals surface area contributed by atoms with Gasteiger partial charge in [-0.3, -0.25) is 37.9 Å². The summed E-state index contributed by atoms with van der Waals surface area (Å²) in [5.74, 6) is -1.52. The van der Waals surface area contributed by atoms with Gasteiger partial charge in [0.15, 0.2) is 17.2 Å². The van der Waals surface area contributed by atoms with Crippen LogP contribution in [0.2, 0.25) is 0 Å². The van der Waals surface area contributed by atoms with E-state index in [0.29, 0.717) is 68.6 Å². The van der Waals surface area contributed by atoms with Crippen LogP contribution < -0.4 is 23.4 Å². The highest BCUT2D eigenvalue weighted by atomic mass is 35.7. The molecule has 3 aromatic heterocycles. The van der Waals surface area contributed by atoms with Crippen LogP contribution in [0.5, 0.6) is 17.2 Å². The average molecular weight is 1840 g/mol. The van der Waals surface area contributed by atoms with Gasteiger partial charge in [0.2, 0.25) is 0 Å². The van der Waals surface area contributed by atoms with Crippen LogP contribution in [0, 0.1) is 38.2 Å². The summed E-state index contributed by atoms with van der Waals surface area (Å²) >= 11 is 0. The number of hydrogen-bond acceptors (Lipinski definition) is 16. The number of halogens is 4. The number of aryl methyl sites for hydroxylation is 3. The minimum Gasteiger partial charge on any atom is -0.505 e. The van der Waals surface area contributed by atoms with Crippen molar-refractivity contribution in [2.24, 2.45) is 0 Å². The maximum absolute atomic E-state index is 14.5. The molecule has 0 spiro atoms. The van der Waals surface area contributed by atoms with Gasteiger partial charge in [0.05, 0.1) is 42.8 Å². The first-order valence-electron chi connectivity index (χ1n) is 42.0. The number of ether oxygens (including phenoxy) is 2. The van der Waals surface area contributed by atoms with Crippen LogP contribution >= 0.6 is 10.7 Å². The van der Waals surface area contributed by atoms with Crippen molar-refractivity contribution < 1.29 is 67.4 Å². The lowest BCUT2D eigenvalue weighted by molar-refractivity contribution is 0.0755. The largest absolute Gasteiger partial charge is 0.505 e. The highest BCUT2D eigenvalue weighted by Gasteiger charge is 2.43. The SMILES string of the molecule is CNc1c2c(c(OC(c3ccccc3)c3ccccc3)c3ncccc13)C(=O)N(Cc1ccc(F)cc1)C2.Cc1ccc(S(=O)(=O)Cl)cc1.Cc1ccc(S(=O)(=O)N(C)c2c3c(c(O)c4ncccc24)C(=O)N(Cc2ccc(F)cc2)C3)cc1.Cc1ccc(S(=O)(=O)N(C)c2c3c(c(OC(c4ccccc4)c4ccccc4)c4ncccc24)C(=O)N(Cc2ccc(F)cc2)C3)cc1. The van der Waals surface area contributed by atoms with Gasteiger partial charge in [0, 0.05) is 128 Å². The molecule has 0 atom stereocenters. The summed E-state index contributed by atoms with van der Waals surface area (Å²) in [5, 5.41) is 16.1. The number of rotatable bonds is 22. The molecule has 0 saturated heterocycles. The fraction of sp³-hybridized carbons (Fsp3) is 0.135. The highest BCUT2D eigenvalue weighted by molar-refractivity contribution is 8.13. The quantitative estimate of drug-likeness (QED) is 0.0598. The van der Waals surface area contributed by atoms with Gasteiger partial charge in [-0.05, 0) is 169 Å². The van der Waals surface area contributed by atoms with Gasteiger partial charge in [0.1, 0.15) is 46.2 Å². The Morgan fingerprint density at radius 3 is 1.03 bits per heavy atom. The molecule has 0 aliphatic carbocycles. The Hall–Kier alpha value is -14.8. The van der Waals surface area contributed by atoms with E-state index in [4.69, 9.17) is 25.1 Å². The van der Waals surface area contributed by atoms with Crippen LogP contribution in [0.3, 0.4) is 0 Å². The first-order valence-corrected chi connectivity index (χ1v) is 47.2. The lowest BCUT2D eigenvalue weighted by Crippen LogP contribution is -2.28. The number of aromatic nitrogens is 3. The van der Waals surface area contributed by atoms with Gasteiger partial charge in [-0.1, -0.05) is 211 Å². The zero-order chi connectivity index (χ0) is 92.9. The summed E-state index contributed by atoms with van der Waals surface area (Å²) in [5.41, 5.74) is 14.1. The number of aromatic hydroxyl groups is 1. The second kappa shape index (κ2) is 38.5. The molecule has 21 nitrogen and oxygen atoms in total. The molecule has 3 amide bonds. The predicted octanol–water partition coefficient (Wildman–Crippen LogP) is 20.9. The van der Waals surface area contributed by atoms with Crippen molar-refractivity contribution in [3.8, 4) is 17.2 Å². The van der Waals surface area contributed by atoms with Crippen molar-refractivity contribution in [2.45, 2.75) is 86.9 Å². The summed E-state index contributed by atoms with van der Waals surface area (Å²) in [6.45, 7) is 6.95. The standard InChI is InChI=1S/C39H32FN3O4S.C32H26FN3O2.C26H22FN3O4S.C7H7ClO2S/c1-26-15-21-31(22-16-26)48(45,46)42(2)36-32-14-9-23-41-35(32)38(47-37(28-10-5-3-6-11-28)29-12-7-4-8-13-29)34-33(36)25-43(39(34)44)24-27-17-19-30(40)20-18-27;1-34-28-25-13-8-18-35-29(25)31(38-30(22-9-4-2-5-10-22)23-11-6-3-7-12-23)27-26(28)20-36(32(27)37)19-21-14-16-24(33)17-15-21;1-16-5-11-19(12-6-16)35(33,34)29(2)24-20-4-3-13-28-23(20)25(31)22-21(24)15-30(26(22)32)14-17-7-9-18(27)10-8-17;1-6-2-4-7(5-3-6)11(8,9)10/h3-23,37H,24-25H2,1-2H3;2-18,30,34H,19-20H2,1H3;3-13,31H,14-15H2,1-2H3;2-5H,1H3. The number of phenols is 1. The monoisotopic (exact) mass is 1840 g/mol.